The van der Waals surface area contributed by atoms with Crippen LogP contribution >= 0.6 is 0 Å². The zero-order valence-corrected chi connectivity index (χ0v) is 37.1. The van der Waals surface area contributed by atoms with Gasteiger partial charge in [0.25, 0.3) is 5.91 Å². The van der Waals surface area contributed by atoms with E-state index in [4.69, 9.17) is 24.8 Å². The highest BCUT2D eigenvalue weighted by molar-refractivity contribution is 6.04. The zero-order valence-electron chi connectivity index (χ0n) is 37.1. The molecule has 0 spiro atoms. The Morgan fingerprint density at radius 3 is 2.40 bits per heavy atom. The molecule has 0 aliphatic carbocycles. The Morgan fingerprint density at radius 2 is 1.71 bits per heavy atom. The van der Waals surface area contributed by atoms with E-state index < -0.39 is 24.4 Å². The molecule has 5 amide bonds. The molecule has 344 valence electrons. The van der Waals surface area contributed by atoms with Gasteiger partial charge in [-0.2, -0.15) is 0 Å². The summed E-state index contributed by atoms with van der Waals surface area (Å²) in [7, 11) is 0. The fourth-order valence-corrected chi connectivity index (χ4v) is 9.01. The molecule has 0 bridgehead atoms. The molecule has 62 heavy (non-hydrogen) atoms. The molecule has 2 saturated heterocycles. The number of aliphatic hydroxyl groups excluding tert-OH is 4. The Labute approximate surface area is 366 Å². The van der Waals surface area contributed by atoms with Crippen LogP contribution in [0.5, 0.6) is 0 Å². The summed E-state index contributed by atoms with van der Waals surface area (Å²) in [5.41, 5.74) is 5.93. The van der Waals surface area contributed by atoms with Crippen LogP contribution in [0.15, 0.2) is 36.4 Å². The van der Waals surface area contributed by atoms with Crippen LogP contribution in [0.25, 0.3) is 0 Å². The molecule has 4 aliphatic heterocycles. The number of aliphatic hydroxyl groups is 4. The summed E-state index contributed by atoms with van der Waals surface area (Å²) < 4.78 is 10.6. The quantitative estimate of drug-likeness (QED) is 0.134. The standard InChI is InChI=1S/C40H58N6O6.C6H12O4/c1-5-16-43(18-10-23-47)17-9-19-45(26-29(4)33-24-28(3)25-34-32(6-2)38(49)42-37(33)34)36(48)27-52-40(51)44-20-14-31(15-21-44)46-22-13-30-11-7-8-12-35(30)41-39(46)50;7-3-5-6(9)4(8)1-2-10-5/h7-8,11-12,24-25,29,31-32,47H,5-6,9-10,13-23,26-27H2,1-4H3,(H,41,50)(H,42,49);4-9H,1-3H2. The number of hydrogen-bond acceptors (Lipinski definition) is 11. The van der Waals surface area contributed by atoms with E-state index in [9.17, 15) is 24.3 Å². The number of fused-ring (bicyclic) bond motifs is 2. The van der Waals surface area contributed by atoms with Gasteiger partial charge in [-0.25, -0.2) is 9.59 Å². The minimum Gasteiger partial charge on any atom is -0.439 e. The number of nitrogens with zero attached hydrogens (tertiary/aromatic N) is 4. The van der Waals surface area contributed by atoms with Gasteiger partial charge >= 0.3 is 12.1 Å². The fraction of sp³-hybridized carbons (Fsp3) is 0.652. The first-order valence-corrected chi connectivity index (χ1v) is 22.6. The van der Waals surface area contributed by atoms with Gasteiger partial charge in [0, 0.05) is 75.8 Å². The number of aryl methyl sites for hydroxylation is 1. The number of ether oxygens (including phenoxy) is 2. The second-order valence-corrected chi connectivity index (χ2v) is 17.0. The average Bonchev–Trinajstić information content (AvgIpc) is 3.49. The highest BCUT2D eigenvalue weighted by Crippen LogP contribution is 2.41. The third-order valence-corrected chi connectivity index (χ3v) is 12.5. The average molecular weight is 867 g/mol. The van der Waals surface area contributed by atoms with Gasteiger partial charge in [-0.15, -0.1) is 0 Å². The molecule has 0 aromatic heterocycles. The van der Waals surface area contributed by atoms with E-state index >= 15 is 0 Å². The molecular formula is C46H70N6O10. The summed E-state index contributed by atoms with van der Waals surface area (Å²) in [5.74, 6) is -0.494. The summed E-state index contributed by atoms with van der Waals surface area (Å²) in [4.78, 5) is 60.5. The van der Waals surface area contributed by atoms with Gasteiger partial charge in [0.1, 0.15) is 12.2 Å². The summed E-state index contributed by atoms with van der Waals surface area (Å²) in [5, 5.41) is 42.2. The normalized spacial score (nSPS) is 21.8. The first-order valence-electron chi connectivity index (χ1n) is 22.6. The Balaban J connectivity index is 0.000000637. The smallest absolute Gasteiger partial charge is 0.410 e. The lowest BCUT2D eigenvalue weighted by Gasteiger charge is -2.37. The van der Waals surface area contributed by atoms with Crippen LogP contribution in [-0.4, -0.2) is 167 Å². The Kier molecular flexibility index (Phi) is 18.8. The third kappa shape index (κ3) is 12.9. The molecule has 4 aliphatic rings. The zero-order chi connectivity index (χ0) is 44.8. The molecule has 5 unspecified atom stereocenters. The molecule has 2 fully saturated rings. The van der Waals surface area contributed by atoms with Gasteiger partial charge in [-0.1, -0.05) is 56.7 Å². The maximum atomic E-state index is 13.8. The van der Waals surface area contributed by atoms with Gasteiger partial charge < -0.3 is 60.1 Å². The van der Waals surface area contributed by atoms with Crippen LogP contribution in [0, 0.1) is 6.92 Å². The van der Waals surface area contributed by atoms with Gasteiger partial charge in [0.15, 0.2) is 6.61 Å². The minimum atomic E-state index is -0.932. The van der Waals surface area contributed by atoms with E-state index in [0.29, 0.717) is 65.0 Å². The largest absolute Gasteiger partial charge is 0.439 e. The van der Waals surface area contributed by atoms with Gasteiger partial charge in [0.05, 0.1) is 18.6 Å². The lowest BCUT2D eigenvalue weighted by atomic mass is 9.90. The minimum absolute atomic E-state index is 0.0135. The highest BCUT2D eigenvalue weighted by atomic mass is 16.6. The first-order chi connectivity index (χ1) is 29.9. The number of hydrogen-bond donors (Lipinski definition) is 6. The van der Waals surface area contributed by atoms with Crippen LogP contribution in [0.2, 0.25) is 0 Å². The van der Waals surface area contributed by atoms with E-state index in [1.807, 2.05) is 43.0 Å². The van der Waals surface area contributed by atoms with E-state index in [-0.39, 0.29) is 55.5 Å². The molecule has 0 radical (unpaired) electrons. The van der Waals surface area contributed by atoms with E-state index in [1.54, 1.807) is 9.80 Å². The van der Waals surface area contributed by atoms with Crippen LogP contribution in [-0.2, 0) is 25.5 Å². The maximum Gasteiger partial charge on any atom is 0.410 e. The number of carbonyl (C=O) groups is 4. The van der Waals surface area contributed by atoms with Crippen molar-refractivity contribution in [3.63, 3.8) is 0 Å². The summed E-state index contributed by atoms with van der Waals surface area (Å²) in [6.45, 7) is 13.1. The van der Waals surface area contributed by atoms with Crippen LogP contribution < -0.4 is 10.6 Å². The predicted molar refractivity (Wildman–Crippen MR) is 236 cm³/mol. The van der Waals surface area contributed by atoms with E-state index in [1.165, 1.54) is 0 Å². The van der Waals surface area contributed by atoms with Crippen molar-refractivity contribution >= 4 is 35.3 Å². The molecule has 4 heterocycles. The van der Waals surface area contributed by atoms with Crippen molar-refractivity contribution in [2.75, 3.05) is 89.4 Å². The number of urea groups is 1. The second kappa shape index (κ2) is 23.9. The highest BCUT2D eigenvalue weighted by Gasteiger charge is 2.35. The monoisotopic (exact) mass is 867 g/mol. The van der Waals surface area contributed by atoms with Crippen LogP contribution in [0.3, 0.4) is 0 Å². The number of amides is 5. The van der Waals surface area contributed by atoms with Gasteiger partial charge in [0.2, 0.25) is 5.91 Å². The van der Waals surface area contributed by atoms with E-state index in [2.05, 4.69) is 41.5 Å². The predicted octanol–water partition coefficient (Wildman–Crippen LogP) is 4.04. The maximum absolute atomic E-state index is 13.8. The van der Waals surface area contributed by atoms with Crippen molar-refractivity contribution in [2.24, 2.45) is 0 Å². The molecule has 16 nitrogen and oxygen atoms in total. The lowest BCUT2D eigenvalue weighted by Crippen LogP contribution is -2.50. The topological polar surface area (TPSA) is 205 Å². The van der Waals surface area contributed by atoms with E-state index in [0.717, 1.165) is 78.9 Å². The lowest BCUT2D eigenvalue weighted by molar-refractivity contribution is -0.147. The molecule has 6 rings (SSSR count). The number of para-hydroxylation sites is 1. The van der Waals surface area contributed by atoms with Crippen molar-refractivity contribution in [1.29, 1.82) is 0 Å². The third-order valence-electron chi connectivity index (χ3n) is 12.5. The first kappa shape index (κ1) is 48.7. The van der Waals surface area contributed by atoms with Crippen molar-refractivity contribution in [1.82, 2.24) is 19.6 Å². The SMILES string of the molecule is CCCN(CCCO)CCCN(CC(C)c1cc(C)cc2c1NC(=O)C2CC)C(=O)COC(=O)N1CCC(N2CCc3ccccc3NC2=O)CC1.OCC1OCCC(O)C1O. The van der Waals surface area contributed by atoms with Crippen LogP contribution in [0.4, 0.5) is 21.0 Å². The Bertz CT molecular complexity index is 1790. The molecule has 16 heteroatoms. The summed E-state index contributed by atoms with van der Waals surface area (Å²) in [6, 6.07) is 11.9. The van der Waals surface area contributed by atoms with Crippen LogP contribution in [0.1, 0.15) is 99.8 Å². The molecule has 5 atom stereocenters. The Morgan fingerprint density at radius 1 is 0.968 bits per heavy atom. The number of anilines is 2. The van der Waals surface area contributed by atoms with Crippen molar-refractivity contribution in [2.45, 2.75) is 115 Å². The molecule has 0 saturated carbocycles. The number of nitrogens with one attached hydrogen (secondary N) is 2. The molecule has 6 N–H and O–H groups in total. The number of likely N-dealkylation sites (tertiary alicyclic amines) is 1. The number of carbonyl (C=O) groups excluding carboxylic acids is 4. The van der Waals surface area contributed by atoms with Crippen molar-refractivity contribution < 1.29 is 49.1 Å². The molecule has 2 aromatic carbocycles. The molecular weight excluding hydrogens is 797 g/mol. The molecule has 2 aromatic rings. The number of rotatable bonds is 17. The van der Waals surface area contributed by atoms with Crippen molar-refractivity contribution in [3.05, 3.63) is 58.7 Å². The Hall–Kier alpha value is -4.32. The van der Waals surface area contributed by atoms with Crippen molar-refractivity contribution in [3.8, 4) is 0 Å². The fourth-order valence-electron chi connectivity index (χ4n) is 9.01. The van der Waals surface area contributed by atoms with Gasteiger partial charge in [-0.05, 0) is 94.1 Å². The summed E-state index contributed by atoms with van der Waals surface area (Å²) in [6.07, 6.45) is 2.84. The number of piperidine rings is 1. The second-order valence-electron chi connectivity index (χ2n) is 17.0. The summed E-state index contributed by atoms with van der Waals surface area (Å²) >= 11 is 0. The number of benzene rings is 2. The van der Waals surface area contributed by atoms with Gasteiger partial charge in [-0.3, -0.25) is 9.59 Å².